The number of benzene rings is 1. The van der Waals surface area contributed by atoms with Crippen LogP contribution in [0.3, 0.4) is 0 Å². The number of rotatable bonds is 8. The Morgan fingerprint density at radius 2 is 1.89 bits per heavy atom. The zero-order chi connectivity index (χ0) is 20.0. The topological polar surface area (TPSA) is 96.4 Å². The second-order valence-electron chi connectivity index (χ2n) is 5.60. The highest BCUT2D eigenvalue weighted by Crippen LogP contribution is 2.21. The van der Waals surface area contributed by atoms with Crippen molar-refractivity contribution in [1.29, 1.82) is 0 Å². The van der Waals surface area contributed by atoms with Crippen LogP contribution in [0.15, 0.2) is 35.7 Å². The van der Waals surface area contributed by atoms with E-state index in [2.05, 4.69) is 9.71 Å². The summed E-state index contributed by atoms with van der Waals surface area (Å²) in [6.07, 6.45) is 2.98. The van der Waals surface area contributed by atoms with Crippen LogP contribution in [0.25, 0.3) is 6.08 Å². The lowest BCUT2D eigenvalue weighted by molar-refractivity contribution is -0.116. The van der Waals surface area contributed by atoms with E-state index < -0.39 is 10.0 Å². The second kappa shape index (κ2) is 8.92. The van der Waals surface area contributed by atoms with E-state index in [0.717, 1.165) is 0 Å². The molecule has 7 nitrogen and oxygen atoms in total. The summed E-state index contributed by atoms with van der Waals surface area (Å²) < 4.78 is 25.5. The van der Waals surface area contributed by atoms with Gasteiger partial charge in [-0.15, -0.1) is 11.3 Å². The summed E-state index contributed by atoms with van der Waals surface area (Å²) in [5.41, 5.74) is 1.43. The van der Waals surface area contributed by atoms with Crippen molar-refractivity contribution in [3.63, 3.8) is 0 Å². The van der Waals surface area contributed by atoms with Gasteiger partial charge in [0.25, 0.3) is 0 Å². The first-order valence-corrected chi connectivity index (χ1v) is 10.9. The molecule has 1 amide bonds. The van der Waals surface area contributed by atoms with Gasteiger partial charge in [-0.05, 0) is 50.3 Å². The number of sulfonamides is 1. The maximum atomic E-state index is 12.3. The fraction of sp³-hybridized carbons (Fsp3) is 0.278. The molecule has 0 aliphatic rings. The molecule has 0 aliphatic carbocycles. The molecule has 144 valence electrons. The number of amides is 1. The first-order valence-electron chi connectivity index (χ1n) is 8.32. The number of aromatic nitrogens is 1. The Kier molecular flexibility index (Phi) is 6.86. The van der Waals surface area contributed by atoms with Crippen molar-refractivity contribution in [1.82, 2.24) is 4.98 Å². The summed E-state index contributed by atoms with van der Waals surface area (Å²) in [4.78, 5) is 29.7. The van der Waals surface area contributed by atoms with E-state index in [9.17, 15) is 18.0 Å². The van der Waals surface area contributed by atoms with Gasteiger partial charge in [0.1, 0.15) is 0 Å². The summed E-state index contributed by atoms with van der Waals surface area (Å²) in [7, 11) is -3.35. The molecule has 0 saturated carbocycles. The van der Waals surface area contributed by atoms with Crippen LogP contribution in [0.2, 0.25) is 0 Å². The molecule has 9 heteroatoms. The van der Waals surface area contributed by atoms with Crippen molar-refractivity contribution >= 4 is 49.9 Å². The Labute approximate surface area is 162 Å². The van der Waals surface area contributed by atoms with Crippen molar-refractivity contribution in [3.05, 3.63) is 47.0 Å². The Hall–Kier alpha value is -2.52. The van der Waals surface area contributed by atoms with Crippen LogP contribution >= 0.6 is 11.3 Å². The molecule has 2 rings (SSSR count). The maximum absolute atomic E-state index is 12.3. The molecule has 0 saturated heterocycles. The van der Waals surface area contributed by atoms with Crippen LogP contribution in [0.5, 0.6) is 0 Å². The molecule has 27 heavy (non-hydrogen) atoms. The number of hydrogen-bond donors (Lipinski definition) is 1. The lowest BCUT2D eigenvalue weighted by atomic mass is 10.1. The Balaban J connectivity index is 2.07. The summed E-state index contributed by atoms with van der Waals surface area (Å²) in [6, 6.07) is 6.20. The van der Waals surface area contributed by atoms with Crippen molar-refractivity contribution in [2.24, 2.45) is 0 Å². The van der Waals surface area contributed by atoms with Gasteiger partial charge < -0.3 is 0 Å². The van der Waals surface area contributed by atoms with E-state index in [1.807, 2.05) is 6.92 Å². The van der Waals surface area contributed by atoms with Gasteiger partial charge in [0.2, 0.25) is 15.9 Å². The quantitative estimate of drug-likeness (QED) is 0.535. The smallest absolute Gasteiger partial charge is 0.232 e. The van der Waals surface area contributed by atoms with E-state index >= 15 is 0 Å². The molecule has 0 radical (unpaired) electrons. The van der Waals surface area contributed by atoms with Gasteiger partial charge in [-0.2, -0.15) is 0 Å². The number of carbonyl (C=O) groups excluding carboxylic acids is 2. The molecule has 1 heterocycles. The van der Waals surface area contributed by atoms with Crippen molar-refractivity contribution in [3.8, 4) is 0 Å². The molecule has 1 N–H and O–H groups in total. The number of thiazole rings is 1. The molecule has 2 aromatic rings. The average molecular weight is 408 g/mol. The molecule has 0 bridgehead atoms. The third-order valence-electron chi connectivity index (χ3n) is 3.67. The third-order valence-corrected chi connectivity index (χ3v) is 5.85. The Morgan fingerprint density at radius 1 is 1.22 bits per heavy atom. The van der Waals surface area contributed by atoms with Crippen LogP contribution in [-0.4, -0.2) is 37.4 Å². The van der Waals surface area contributed by atoms with Crippen molar-refractivity contribution in [2.45, 2.75) is 20.8 Å². The van der Waals surface area contributed by atoms with E-state index in [0.29, 0.717) is 28.6 Å². The molecule has 0 fully saturated rings. The van der Waals surface area contributed by atoms with Crippen molar-refractivity contribution < 1.29 is 18.0 Å². The highest BCUT2D eigenvalue weighted by molar-refractivity contribution is 7.92. The lowest BCUT2D eigenvalue weighted by Gasteiger charge is -2.14. The Morgan fingerprint density at radius 3 is 2.44 bits per heavy atom. The van der Waals surface area contributed by atoms with Crippen LogP contribution < -0.4 is 9.62 Å². The zero-order valence-electron chi connectivity index (χ0n) is 15.3. The minimum atomic E-state index is -3.35. The third kappa shape index (κ3) is 5.73. The van der Waals surface area contributed by atoms with Crippen LogP contribution in [0.1, 0.15) is 36.8 Å². The maximum Gasteiger partial charge on any atom is 0.232 e. The van der Waals surface area contributed by atoms with Gasteiger partial charge in [0, 0.05) is 30.1 Å². The van der Waals surface area contributed by atoms with Gasteiger partial charge in [-0.1, -0.05) is 0 Å². The monoisotopic (exact) mass is 407 g/mol. The van der Waals surface area contributed by atoms with E-state index in [1.165, 1.54) is 24.3 Å². The molecule has 0 unspecified atom stereocenters. The number of ketones is 1. The minimum absolute atomic E-state index is 0.0227. The SMILES string of the molecule is CCN(C(C)=O)c1nc(/C=C/C(=O)c2ccc(NS(=O)(=O)CC)cc2)cs1. The van der Waals surface area contributed by atoms with Gasteiger partial charge in [0.15, 0.2) is 10.9 Å². The average Bonchev–Trinajstić information content (AvgIpc) is 3.09. The van der Waals surface area contributed by atoms with Gasteiger partial charge in [-0.25, -0.2) is 13.4 Å². The zero-order valence-corrected chi connectivity index (χ0v) is 16.9. The first-order chi connectivity index (χ1) is 12.8. The van der Waals surface area contributed by atoms with Crippen LogP contribution in [0.4, 0.5) is 10.8 Å². The van der Waals surface area contributed by atoms with Gasteiger partial charge in [-0.3, -0.25) is 19.2 Å². The lowest BCUT2D eigenvalue weighted by Crippen LogP contribution is -2.27. The molecule has 0 atom stereocenters. The fourth-order valence-corrected chi connectivity index (χ4v) is 3.72. The number of hydrogen-bond acceptors (Lipinski definition) is 6. The van der Waals surface area contributed by atoms with E-state index in [-0.39, 0.29) is 17.4 Å². The number of nitrogens with one attached hydrogen (secondary N) is 1. The largest absolute Gasteiger partial charge is 0.289 e. The highest BCUT2D eigenvalue weighted by Gasteiger charge is 2.13. The standard InChI is InChI=1S/C18H21N3O4S2/c1-4-21(13(3)22)18-19-16(12-26-18)10-11-17(23)14-6-8-15(9-7-14)20-27(24,25)5-2/h6-12,20H,4-5H2,1-3H3/b11-10+. The summed E-state index contributed by atoms with van der Waals surface area (Å²) in [5, 5.41) is 2.36. The van der Waals surface area contributed by atoms with Gasteiger partial charge >= 0.3 is 0 Å². The molecule has 1 aromatic heterocycles. The summed E-state index contributed by atoms with van der Waals surface area (Å²) in [6.45, 7) is 5.42. The summed E-state index contributed by atoms with van der Waals surface area (Å²) in [5.74, 6) is -0.337. The number of allylic oxidation sites excluding steroid dienone is 1. The van der Waals surface area contributed by atoms with Crippen LogP contribution in [-0.2, 0) is 14.8 Å². The van der Waals surface area contributed by atoms with E-state index in [4.69, 9.17) is 0 Å². The number of carbonyl (C=O) groups is 2. The Bertz CT molecular complexity index is 947. The van der Waals surface area contributed by atoms with Crippen LogP contribution in [0, 0.1) is 0 Å². The van der Waals surface area contributed by atoms with E-state index in [1.54, 1.807) is 47.5 Å². The first kappa shape index (κ1) is 20.8. The molecule has 0 aliphatic heterocycles. The predicted molar refractivity (Wildman–Crippen MR) is 109 cm³/mol. The number of anilines is 2. The normalized spacial score (nSPS) is 11.5. The molecular formula is C18H21N3O4S2. The second-order valence-corrected chi connectivity index (χ2v) is 8.45. The summed E-state index contributed by atoms with van der Waals surface area (Å²) >= 11 is 1.33. The number of nitrogens with zero attached hydrogens (tertiary/aromatic N) is 2. The predicted octanol–water partition coefficient (Wildman–Crippen LogP) is 3.17. The molecule has 0 spiro atoms. The highest BCUT2D eigenvalue weighted by atomic mass is 32.2. The fourth-order valence-electron chi connectivity index (χ4n) is 2.18. The molecular weight excluding hydrogens is 386 g/mol. The molecule has 1 aromatic carbocycles. The van der Waals surface area contributed by atoms with Crippen molar-refractivity contribution in [2.75, 3.05) is 21.9 Å². The van der Waals surface area contributed by atoms with Gasteiger partial charge in [0.05, 0.1) is 11.4 Å². The minimum Gasteiger partial charge on any atom is -0.289 e.